The summed E-state index contributed by atoms with van der Waals surface area (Å²) in [6.45, 7) is 12.0. The zero-order valence-electron chi connectivity index (χ0n) is 13.8. The molecule has 2 amide bonds. The van der Waals surface area contributed by atoms with Gasteiger partial charge in [0.2, 0.25) is 0 Å². The molecule has 118 valence electrons. The van der Waals surface area contributed by atoms with Crippen LogP contribution in [0.4, 0.5) is 4.79 Å². The van der Waals surface area contributed by atoms with Crippen LogP contribution in [-0.4, -0.2) is 26.3 Å². The summed E-state index contributed by atoms with van der Waals surface area (Å²) in [5.41, 5.74) is -0.0697. The Bertz CT molecular complexity index is 513. The standard InChI is InChI=1S/C15H27N5O/c1-14(2,3)10-15(4,5)17-13(21)16-9-12-19-18-11-7-6-8-20(11)12/h6-10H2,1-5H3,(H2,16,17,21). The average Bonchev–Trinajstić information content (AvgIpc) is 2.83. The number of hydrogen-bond donors (Lipinski definition) is 2. The molecular formula is C15H27N5O. The van der Waals surface area contributed by atoms with Crippen LogP contribution in [0.25, 0.3) is 0 Å². The van der Waals surface area contributed by atoms with Crippen molar-refractivity contribution >= 4 is 6.03 Å². The monoisotopic (exact) mass is 293 g/mol. The first-order chi connectivity index (χ1) is 9.66. The SMILES string of the molecule is CC(C)(C)CC(C)(C)NC(=O)NCc1nnc2n1CCC2. The minimum absolute atomic E-state index is 0.153. The molecule has 0 radical (unpaired) electrons. The summed E-state index contributed by atoms with van der Waals surface area (Å²) in [6, 6.07) is -0.153. The molecule has 6 heteroatoms. The second kappa shape index (κ2) is 5.66. The molecular weight excluding hydrogens is 266 g/mol. The van der Waals surface area contributed by atoms with Gasteiger partial charge in [0, 0.05) is 18.5 Å². The first kappa shape index (κ1) is 15.8. The molecule has 0 fully saturated rings. The molecule has 0 saturated heterocycles. The number of carbonyl (C=O) groups is 1. The zero-order chi connectivity index (χ0) is 15.7. The second-order valence-corrected chi connectivity index (χ2v) is 7.72. The highest BCUT2D eigenvalue weighted by molar-refractivity contribution is 5.74. The van der Waals surface area contributed by atoms with Crippen LogP contribution in [0.3, 0.4) is 0 Å². The Morgan fingerprint density at radius 3 is 2.62 bits per heavy atom. The lowest BCUT2D eigenvalue weighted by atomic mass is 9.82. The third-order valence-electron chi connectivity index (χ3n) is 3.52. The van der Waals surface area contributed by atoms with E-state index in [-0.39, 0.29) is 17.0 Å². The van der Waals surface area contributed by atoms with Crippen molar-refractivity contribution in [2.24, 2.45) is 5.41 Å². The fourth-order valence-corrected chi connectivity index (χ4v) is 3.22. The summed E-state index contributed by atoms with van der Waals surface area (Å²) in [5, 5.41) is 14.2. The van der Waals surface area contributed by atoms with Gasteiger partial charge in [-0.3, -0.25) is 0 Å². The van der Waals surface area contributed by atoms with Crippen molar-refractivity contribution in [2.45, 2.75) is 72.5 Å². The Hall–Kier alpha value is -1.59. The van der Waals surface area contributed by atoms with Crippen LogP contribution in [-0.2, 0) is 19.5 Å². The third-order valence-corrected chi connectivity index (χ3v) is 3.52. The summed E-state index contributed by atoms with van der Waals surface area (Å²) in [5.74, 6) is 1.87. The van der Waals surface area contributed by atoms with E-state index in [1.807, 2.05) is 13.8 Å². The highest BCUT2D eigenvalue weighted by Crippen LogP contribution is 2.26. The quantitative estimate of drug-likeness (QED) is 0.894. The maximum Gasteiger partial charge on any atom is 0.315 e. The predicted molar refractivity (Wildman–Crippen MR) is 81.9 cm³/mol. The van der Waals surface area contributed by atoms with Gasteiger partial charge in [-0.15, -0.1) is 10.2 Å². The molecule has 0 atom stereocenters. The highest BCUT2D eigenvalue weighted by atomic mass is 16.2. The Morgan fingerprint density at radius 1 is 1.24 bits per heavy atom. The summed E-state index contributed by atoms with van der Waals surface area (Å²) in [7, 11) is 0. The fraction of sp³-hybridized carbons (Fsp3) is 0.800. The van der Waals surface area contributed by atoms with Crippen LogP contribution in [0.5, 0.6) is 0 Å². The van der Waals surface area contributed by atoms with Crippen LogP contribution in [0.1, 0.15) is 59.1 Å². The lowest BCUT2D eigenvalue weighted by molar-refractivity contribution is 0.210. The number of aryl methyl sites for hydroxylation is 1. The molecule has 2 heterocycles. The van der Waals surface area contributed by atoms with Crippen LogP contribution >= 0.6 is 0 Å². The summed E-state index contributed by atoms with van der Waals surface area (Å²) in [4.78, 5) is 12.1. The van der Waals surface area contributed by atoms with Crippen LogP contribution in [0, 0.1) is 5.41 Å². The van der Waals surface area contributed by atoms with Crippen molar-refractivity contribution in [2.75, 3.05) is 0 Å². The molecule has 1 aromatic heterocycles. The van der Waals surface area contributed by atoms with E-state index in [4.69, 9.17) is 0 Å². The third kappa shape index (κ3) is 4.44. The van der Waals surface area contributed by atoms with E-state index in [1.165, 1.54) is 0 Å². The summed E-state index contributed by atoms with van der Waals surface area (Å²) < 4.78 is 2.10. The Kier molecular flexibility index (Phi) is 4.25. The number of aromatic nitrogens is 3. The van der Waals surface area contributed by atoms with Gasteiger partial charge >= 0.3 is 6.03 Å². The molecule has 0 aromatic carbocycles. The van der Waals surface area contributed by atoms with Gasteiger partial charge in [-0.2, -0.15) is 0 Å². The number of hydrogen-bond acceptors (Lipinski definition) is 3. The summed E-state index contributed by atoms with van der Waals surface area (Å²) in [6.07, 6.45) is 3.01. The minimum Gasteiger partial charge on any atom is -0.333 e. The average molecular weight is 293 g/mol. The maximum atomic E-state index is 12.1. The molecule has 0 bridgehead atoms. The lowest BCUT2D eigenvalue weighted by Crippen LogP contribution is -2.49. The van der Waals surface area contributed by atoms with E-state index < -0.39 is 0 Å². The van der Waals surface area contributed by atoms with Crippen molar-refractivity contribution < 1.29 is 4.79 Å². The molecule has 1 aliphatic rings. The molecule has 2 rings (SSSR count). The van der Waals surface area contributed by atoms with Gasteiger partial charge in [-0.1, -0.05) is 20.8 Å². The van der Waals surface area contributed by atoms with Crippen molar-refractivity contribution in [1.29, 1.82) is 0 Å². The predicted octanol–water partition coefficient (Wildman–Crippen LogP) is 2.24. The zero-order valence-corrected chi connectivity index (χ0v) is 13.8. The Balaban J connectivity index is 1.84. The van der Waals surface area contributed by atoms with Crippen molar-refractivity contribution in [3.63, 3.8) is 0 Å². The van der Waals surface area contributed by atoms with E-state index in [2.05, 4.69) is 46.2 Å². The van der Waals surface area contributed by atoms with E-state index in [9.17, 15) is 4.79 Å². The largest absolute Gasteiger partial charge is 0.333 e. The molecule has 0 saturated carbocycles. The number of nitrogens with zero attached hydrogens (tertiary/aromatic N) is 3. The minimum atomic E-state index is -0.241. The number of carbonyl (C=O) groups excluding carboxylic acids is 1. The Morgan fingerprint density at radius 2 is 1.95 bits per heavy atom. The topological polar surface area (TPSA) is 71.8 Å². The molecule has 1 aromatic rings. The number of amides is 2. The van der Waals surface area contributed by atoms with Gasteiger partial charge in [0.05, 0.1) is 6.54 Å². The van der Waals surface area contributed by atoms with Crippen LogP contribution in [0.15, 0.2) is 0 Å². The van der Waals surface area contributed by atoms with E-state index >= 15 is 0 Å². The highest BCUT2D eigenvalue weighted by Gasteiger charge is 2.27. The lowest BCUT2D eigenvalue weighted by Gasteiger charge is -2.33. The number of nitrogens with one attached hydrogen (secondary N) is 2. The Labute approximate surface area is 126 Å². The summed E-state index contributed by atoms with van der Waals surface area (Å²) >= 11 is 0. The van der Waals surface area contributed by atoms with Crippen molar-refractivity contribution in [1.82, 2.24) is 25.4 Å². The van der Waals surface area contributed by atoms with Crippen molar-refractivity contribution in [3.8, 4) is 0 Å². The van der Waals surface area contributed by atoms with Gasteiger partial charge in [-0.05, 0) is 32.1 Å². The first-order valence-electron chi connectivity index (χ1n) is 7.63. The smallest absolute Gasteiger partial charge is 0.315 e. The van der Waals surface area contributed by atoms with E-state index in [1.54, 1.807) is 0 Å². The molecule has 0 spiro atoms. The number of urea groups is 1. The van der Waals surface area contributed by atoms with Crippen LogP contribution < -0.4 is 10.6 Å². The van der Waals surface area contributed by atoms with Crippen molar-refractivity contribution in [3.05, 3.63) is 11.6 Å². The second-order valence-electron chi connectivity index (χ2n) is 7.72. The molecule has 2 N–H and O–H groups in total. The molecule has 21 heavy (non-hydrogen) atoms. The van der Waals surface area contributed by atoms with E-state index in [0.29, 0.717) is 6.54 Å². The maximum absolute atomic E-state index is 12.1. The van der Waals surface area contributed by atoms with Gasteiger partial charge in [0.25, 0.3) is 0 Å². The van der Waals surface area contributed by atoms with Gasteiger partial charge in [0.15, 0.2) is 5.82 Å². The fourth-order valence-electron chi connectivity index (χ4n) is 3.22. The molecule has 1 aliphatic heterocycles. The molecule has 0 unspecified atom stereocenters. The van der Waals surface area contributed by atoms with E-state index in [0.717, 1.165) is 37.5 Å². The van der Waals surface area contributed by atoms with Crippen LogP contribution in [0.2, 0.25) is 0 Å². The number of rotatable bonds is 4. The van der Waals surface area contributed by atoms with Gasteiger partial charge < -0.3 is 15.2 Å². The van der Waals surface area contributed by atoms with Gasteiger partial charge in [-0.25, -0.2) is 4.79 Å². The van der Waals surface area contributed by atoms with Gasteiger partial charge in [0.1, 0.15) is 5.82 Å². The molecule has 0 aliphatic carbocycles. The first-order valence-corrected chi connectivity index (χ1v) is 7.63. The molecule has 6 nitrogen and oxygen atoms in total. The number of fused-ring (bicyclic) bond motifs is 1. The normalized spacial score (nSPS) is 14.9.